The molecule has 5 N–H and O–H groups in total. The number of rotatable bonds is 9. The number of halogens is 1. The molecule has 5 aromatic rings. The van der Waals surface area contributed by atoms with E-state index in [1.54, 1.807) is 99.3 Å². The third-order valence-corrected chi connectivity index (χ3v) is 9.68. The summed E-state index contributed by atoms with van der Waals surface area (Å²) in [6.07, 6.45) is 7.14. The fraction of sp³-hybridized carbons (Fsp3) is 0.308. The van der Waals surface area contributed by atoms with Crippen LogP contribution in [0, 0.1) is 6.92 Å². The molecule has 16 nitrogen and oxygen atoms in total. The van der Waals surface area contributed by atoms with Crippen molar-refractivity contribution in [2.75, 3.05) is 40.4 Å². The summed E-state index contributed by atoms with van der Waals surface area (Å²) in [5.74, 6) is -1.34. The summed E-state index contributed by atoms with van der Waals surface area (Å²) in [6.45, 7) is 7.20. The van der Waals surface area contributed by atoms with Gasteiger partial charge in [-0.3, -0.25) is 19.7 Å². The van der Waals surface area contributed by atoms with E-state index in [0.717, 1.165) is 0 Å². The number of fused-ring (bicyclic) bond motifs is 3. The van der Waals surface area contributed by atoms with Gasteiger partial charge in [-0.15, -0.1) is 11.6 Å². The first kappa shape index (κ1) is 39.3. The van der Waals surface area contributed by atoms with Gasteiger partial charge in [-0.25, -0.2) is 9.59 Å². The molecule has 0 unspecified atom stereocenters. The molecule has 294 valence electrons. The molecular formula is C39H43ClN8O8. The number of aryl methyl sites for hydroxylation is 4. The molecule has 0 fully saturated rings. The molecule has 0 saturated carbocycles. The van der Waals surface area contributed by atoms with E-state index in [2.05, 4.69) is 20.9 Å². The number of amides is 4. The third-order valence-electron chi connectivity index (χ3n) is 9.31. The van der Waals surface area contributed by atoms with Crippen LogP contribution in [0.2, 0.25) is 0 Å². The number of phenols is 1. The second kappa shape index (κ2) is 15.0. The van der Waals surface area contributed by atoms with Crippen LogP contribution in [0.3, 0.4) is 0 Å². The van der Waals surface area contributed by atoms with E-state index in [0.29, 0.717) is 56.4 Å². The number of H-pyrrole nitrogens is 1. The third kappa shape index (κ3) is 7.73. The number of aromatic amines is 1. The van der Waals surface area contributed by atoms with Gasteiger partial charge in [-0.2, -0.15) is 0 Å². The van der Waals surface area contributed by atoms with Crippen molar-refractivity contribution in [1.82, 2.24) is 18.7 Å². The second-order valence-corrected chi connectivity index (χ2v) is 14.9. The van der Waals surface area contributed by atoms with Gasteiger partial charge < -0.3 is 48.8 Å². The zero-order valence-corrected chi connectivity index (χ0v) is 32.9. The van der Waals surface area contributed by atoms with Crippen LogP contribution in [-0.4, -0.2) is 78.7 Å². The lowest BCUT2D eigenvalue weighted by Gasteiger charge is -2.19. The Bertz CT molecular complexity index is 2440. The van der Waals surface area contributed by atoms with E-state index >= 15 is 0 Å². The maximum atomic E-state index is 13.6. The number of phenolic OH excluding ortho intramolecular Hbond substituents is 1. The number of ether oxygens (including phenoxy) is 2. The summed E-state index contributed by atoms with van der Waals surface area (Å²) >= 11 is 6.37. The van der Waals surface area contributed by atoms with Crippen molar-refractivity contribution in [3.05, 3.63) is 82.6 Å². The normalized spacial score (nSPS) is 13.9. The number of aromatic nitrogens is 4. The number of anilines is 4. The number of hydrogen-bond donors (Lipinski definition) is 5. The molecule has 56 heavy (non-hydrogen) atoms. The number of nitrogens with zero attached hydrogens (tertiary/aromatic N) is 4. The molecule has 0 saturated heterocycles. The van der Waals surface area contributed by atoms with Crippen LogP contribution in [0.25, 0.3) is 17.0 Å². The van der Waals surface area contributed by atoms with Crippen molar-refractivity contribution in [2.24, 2.45) is 21.1 Å². The molecule has 0 bridgehead atoms. The first-order valence-corrected chi connectivity index (χ1v) is 18.1. The minimum absolute atomic E-state index is 0.127. The molecule has 0 aliphatic carbocycles. The minimum atomic E-state index is -0.668. The molecule has 1 aliphatic rings. The number of aromatic hydroxyl groups is 1. The van der Waals surface area contributed by atoms with Gasteiger partial charge in [0.2, 0.25) is 0 Å². The lowest BCUT2D eigenvalue weighted by Crippen LogP contribution is -2.28. The highest BCUT2D eigenvalue weighted by Gasteiger charge is 2.36. The summed E-state index contributed by atoms with van der Waals surface area (Å²) in [5.41, 5.74) is 3.17. The molecule has 17 heteroatoms. The first-order valence-electron chi connectivity index (χ1n) is 17.5. The van der Waals surface area contributed by atoms with Gasteiger partial charge in [0.25, 0.3) is 17.7 Å². The van der Waals surface area contributed by atoms with Gasteiger partial charge in [-0.1, -0.05) is 0 Å². The standard InChI is InChI=1S/C39H43ClN8O8/c1-20-31(37(53)55-8)33-32-23(15-40)18-48(26(32)14-27(49)34(33)41-20)30(50)10-9-25-11-21(16-45(25)5)35(51)43-28-12-22(17-46(28)6)36(52)44-29-13-24(19-47(29)7)42-38(54)56-39(2,3)4/h9-14,16-17,19,23,41,49H,15,18H2,1-8H3,(H,42,54)(H,43,51)(H,44,52)/b10-9+/t23-/m1/s1. The quantitative estimate of drug-likeness (QED) is 0.0660. The molecule has 6 rings (SSSR count). The molecule has 4 amide bonds. The van der Waals surface area contributed by atoms with E-state index in [9.17, 15) is 29.1 Å². The predicted octanol–water partition coefficient (Wildman–Crippen LogP) is 6.22. The Morgan fingerprint density at radius 2 is 1.55 bits per heavy atom. The van der Waals surface area contributed by atoms with Gasteiger partial charge in [0.15, 0.2) is 0 Å². The Morgan fingerprint density at radius 3 is 2.20 bits per heavy atom. The molecule has 0 spiro atoms. The predicted molar refractivity (Wildman–Crippen MR) is 213 cm³/mol. The molecule has 1 aliphatic heterocycles. The SMILES string of the molecule is COC(=O)c1c(C)[nH]c2c(O)cc3c(c12)[C@H](CCl)CN3C(=O)/C=C/c1cc(C(=O)Nc2cc(C(=O)Nc3cc(NC(=O)OC(C)(C)C)cn3C)cn2C)cn1C. The maximum absolute atomic E-state index is 13.6. The fourth-order valence-corrected chi connectivity index (χ4v) is 6.97. The van der Waals surface area contributed by atoms with E-state index in [4.69, 9.17) is 21.1 Å². The zero-order chi connectivity index (χ0) is 40.8. The van der Waals surface area contributed by atoms with Crippen LogP contribution in [0.4, 0.5) is 27.8 Å². The molecule has 1 aromatic carbocycles. The highest BCUT2D eigenvalue weighted by Crippen LogP contribution is 2.47. The van der Waals surface area contributed by atoms with E-state index in [-0.39, 0.29) is 35.2 Å². The number of hydrogen-bond acceptors (Lipinski definition) is 8. The number of carbonyl (C=O) groups is 5. The first-order chi connectivity index (χ1) is 26.4. The summed E-state index contributed by atoms with van der Waals surface area (Å²) < 4.78 is 15.2. The van der Waals surface area contributed by atoms with Crippen molar-refractivity contribution in [3.8, 4) is 5.75 Å². The van der Waals surface area contributed by atoms with Crippen LogP contribution in [0.1, 0.15) is 74.7 Å². The Kier molecular flexibility index (Phi) is 10.5. The summed E-state index contributed by atoms with van der Waals surface area (Å²) in [5, 5.41) is 19.6. The number of nitrogens with one attached hydrogen (secondary N) is 4. The zero-order valence-electron chi connectivity index (χ0n) is 32.2. The van der Waals surface area contributed by atoms with Gasteiger partial charge >= 0.3 is 12.1 Å². The van der Waals surface area contributed by atoms with Crippen molar-refractivity contribution < 1.29 is 38.6 Å². The Hall–Kier alpha value is -6.42. The van der Waals surface area contributed by atoms with Crippen LogP contribution in [-0.2, 0) is 35.4 Å². The second-order valence-electron chi connectivity index (χ2n) is 14.6. The van der Waals surface area contributed by atoms with Crippen LogP contribution < -0.4 is 20.9 Å². The van der Waals surface area contributed by atoms with Crippen molar-refractivity contribution in [1.29, 1.82) is 0 Å². The number of esters is 1. The van der Waals surface area contributed by atoms with Crippen LogP contribution in [0.15, 0.2) is 48.9 Å². The fourth-order valence-electron chi connectivity index (χ4n) is 6.72. The Balaban J connectivity index is 1.14. The average Bonchev–Trinajstić information content (AvgIpc) is 3.93. The number of alkyl halides is 1. The molecular weight excluding hydrogens is 744 g/mol. The number of carbonyl (C=O) groups excluding carboxylic acids is 5. The lowest BCUT2D eigenvalue weighted by atomic mass is 9.95. The largest absolute Gasteiger partial charge is 0.506 e. The van der Waals surface area contributed by atoms with Gasteiger partial charge in [0, 0.05) is 93.1 Å². The Labute approximate surface area is 327 Å². The molecule has 0 radical (unpaired) electrons. The van der Waals surface area contributed by atoms with E-state index in [1.165, 1.54) is 30.2 Å². The lowest BCUT2D eigenvalue weighted by molar-refractivity contribution is -0.114. The van der Waals surface area contributed by atoms with Crippen molar-refractivity contribution in [2.45, 2.75) is 39.2 Å². The summed E-state index contributed by atoms with van der Waals surface area (Å²) in [6, 6.07) is 6.24. The van der Waals surface area contributed by atoms with Gasteiger partial charge in [0.05, 0.1) is 40.7 Å². The maximum Gasteiger partial charge on any atom is 0.412 e. The molecule has 5 heterocycles. The average molecular weight is 787 g/mol. The Morgan fingerprint density at radius 1 is 0.929 bits per heavy atom. The smallest absolute Gasteiger partial charge is 0.412 e. The topological polar surface area (TPSA) is 194 Å². The van der Waals surface area contributed by atoms with Crippen LogP contribution >= 0.6 is 11.6 Å². The minimum Gasteiger partial charge on any atom is -0.506 e. The van der Waals surface area contributed by atoms with E-state index < -0.39 is 35.4 Å². The van der Waals surface area contributed by atoms with Gasteiger partial charge in [0.1, 0.15) is 23.0 Å². The molecule has 4 aromatic heterocycles. The van der Waals surface area contributed by atoms with Crippen molar-refractivity contribution in [3.63, 3.8) is 0 Å². The highest BCUT2D eigenvalue weighted by atomic mass is 35.5. The van der Waals surface area contributed by atoms with E-state index in [1.807, 2.05) is 0 Å². The summed E-state index contributed by atoms with van der Waals surface area (Å²) in [7, 11) is 6.41. The van der Waals surface area contributed by atoms with Crippen LogP contribution in [0.5, 0.6) is 5.75 Å². The number of methoxy groups -OCH3 is 1. The molecule has 1 atom stereocenters. The summed E-state index contributed by atoms with van der Waals surface area (Å²) in [4.78, 5) is 69.6. The highest BCUT2D eigenvalue weighted by molar-refractivity contribution is 6.20. The van der Waals surface area contributed by atoms with Crippen molar-refractivity contribution >= 4 is 81.4 Å². The number of benzene rings is 1. The van der Waals surface area contributed by atoms with Gasteiger partial charge in [-0.05, 0) is 51.5 Å². The monoisotopic (exact) mass is 786 g/mol.